The Kier molecular flexibility index (Phi) is 4.79. The first-order valence-corrected chi connectivity index (χ1v) is 9.24. The van der Waals surface area contributed by atoms with Crippen LogP contribution in [0.2, 0.25) is 0 Å². The van der Waals surface area contributed by atoms with E-state index in [-0.39, 0.29) is 29.5 Å². The summed E-state index contributed by atoms with van der Waals surface area (Å²) in [6, 6.07) is 14.3. The quantitative estimate of drug-likeness (QED) is 0.852. The zero-order valence-electron chi connectivity index (χ0n) is 15.0. The fraction of sp³-hybridized carbons (Fsp3) is 0.333. The van der Waals surface area contributed by atoms with Gasteiger partial charge in [0, 0.05) is 31.2 Å². The van der Waals surface area contributed by atoms with E-state index in [4.69, 9.17) is 0 Å². The van der Waals surface area contributed by atoms with Gasteiger partial charge in [0.15, 0.2) is 0 Å². The summed E-state index contributed by atoms with van der Waals surface area (Å²) in [5.41, 5.74) is 3.05. The van der Waals surface area contributed by atoms with Crippen molar-refractivity contribution >= 4 is 17.5 Å². The summed E-state index contributed by atoms with van der Waals surface area (Å²) in [4.78, 5) is 25.9. The molecule has 1 aliphatic heterocycles. The smallest absolute Gasteiger partial charge is 0.239 e. The van der Waals surface area contributed by atoms with Crippen LogP contribution in [-0.4, -0.2) is 31.4 Å². The van der Waals surface area contributed by atoms with Crippen molar-refractivity contribution in [1.82, 2.24) is 10.6 Å². The predicted octanol–water partition coefficient (Wildman–Crippen LogP) is 2.18. The Bertz CT molecular complexity index is 836. The van der Waals surface area contributed by atoms with Crippen molar-refractivity contribution in [2.75, 3.05) is 24.5 Å². The first-order valence-electron chi connectivity index (χ1n) is 9.24. The molecule has 1 aliphatic carbocycles. The Balaban J connectivity index is 1.28. The molecule has 2 N–H and O–H groups in total. The van der Waals surface area contributed by atoms with Gasteiger partial charge in [-0.15, -0.1) is 0 Å². The number of nitrogens with one attached hydrogen (secondary N) is 2. The number of halogens is 1. The van der Waals surface area contributed by atoms with Crippen LogP contribution in [0, 0.1) is 11.7 Å². The molecule has 0 bridgehead atoms. The van der Waals surface area contributed by atoms with E-state index < -0.39 is 0 Å². The van der Waals surface area contributed by atoms with Crippen molar-refractivity contribution < 1.29 is 14.0 Å². The molecule has 5 nitrogen and oxygen atoms in total. The number of hydrogen-bond donors (Lipinski definition) is 2. The number of carbonyl (C=O) groups is 2. The number of hydrogen-bond acceptors (Lipinski definition) is 3. The number of rotatable bonds is 5. The minimum Gasteiger partial charge on any atom is -0.360 e. The highest BCUT2D eigenvalue weighted by Crippen LogP contribution is 2.47. The lowest BCUT2D eigenvalue weighted by atomic mass is 10.1. The molecule has 0 radical (unpaired) electrons. The van der Waals surface area contributed by atoms with Crippen LogP contribution in [0.5, 0.6) is 0 Å². The lowest BCUT2D eigenvalue weighted by Gasteiger charge is -2.28. The molecule has 1 saturated heterocycles. The highest BCUT2D eigenvalue weighted by molar-refractivity contribution is 5.83. The molecule has 0 aromatic heterocycles. The molecule has 2 aromatic rings. The van der Waals surface area contributed by atoms with E-state index in [0.717, 1.165) is 29.8 Å². The molecule has 6 heteroatoms. The Labute approximate surface area is 157 Å². The van der Waals surface area contributed by atoms with Crippen molar-refractivity contribution in [3.05, 3.63) is 65.5 Å². The molecule has 1 heterocycles. The van der Waals surface area contributed by atoms with Crippen LogP contribution in [0.1, 0.15) is 23.5 Å². The van der Waals surface area contributed by atoms with Gasteiger partial charge in [0.1, 0.15) is 5.82 Å². The zero-order valence-corrected chi connectivity index (χ0v) is 15.0. The monoisotopic (exact) mass is 367 g/mol. The van der Waals surface area contributed by atoms with Gasteiger partial charge in [-0.1, -0.05) is 24.3 Å². The number of piperazine rings is 1. The van der Waals surface area contributed by atoms with Crippen LogP contribution in [-0.2, 0) is 16.1 Å². The number of carbonyl (C=O) groups excluding carboxylic acids is 2. The zero-order chi connectivity index (χ0) is 18.8. The highest BCUT2D eigenvalue weighted by atomic mass is 19.1. The van der Waals surface area contributed by atoms with Gasteiger partial charge < -0.3 is 15.5 Å². The maximum Gasteiger partial charge on any atom is 0.239 e. The fourth-order valence-corrected chi connectivity index (χ4v) is 3.57. The summed E-state index contributed by atoms with van der Waals surface area (Å²) in [5.74, 6) is -0.00677. The third kappa shape index (κ3) is 4.10. The van der Waals surface area contributed by atoms with E-state index in [1.54, 1.807) is 12.1 Å². The Morgan fingerprint density at radius 2 is 1.89 bits per heavy atom. The first-order chi connectivity index (χ1) is 13.1. The number of anilines is 1. The second kappa shape index (κ2) is 7.39. The minimum atomic E-state index is -0.256. The molecule has 2 atom stereocenters. The maximum absolute atomic E-state index is 13.0. The van der Waals surface area contributed by atoms with Crippen LogP contribution in [0.3, 0.4) is 0 Å². The summed E-state index contributed by atoms with van der Waals surface area (Å²) >= 11 is 0. The molecule has 27 heavy (non-hydrogen) atoms. The third-order valence-corrected chi connectivity index (χ3v) is 5.23. The average molecular weight is 367 g/mol. The predicted molar refractivity (Wildman–Crippen MR) is 101 cm³/mol. The van der Waals surface area contributed by atoms with Crippen molar-refractivity contribution in [2.45, 2.75) is 18.9 Å². The molecule has 2 aromatic carbocycles. The van der Waals surface area contributed by atoms with E-state index in [1.165, 1.54) is 12.1 Å². The normalized spacial score (nSPS) is 21.5. The maximum atomic E-state index is 13.0. The molecular weight excluding hydrogens is 345 g/mol. The number of nitrogens with zero attached hydrogens (tertiary/aromatic N) is 1. The van der Waals surface area contributed by atoms with Crippen molar-refractivity contribution in [1.29, 1.82) is 0 Å². The van der Waals surface area contributed by atoms with Crippen LogP contribution in [0.4, 0.5) is 10.1 Å². The first kappa shape index (κ1) is 17.5. The Hall–Kier alpha value is -2.89. The van der Waals surface area contributed by atoms with Crippen molar-refractivity contribution in [3.63, 3.8) is 0 Å². The van der Waals surface area contributed by atoms with Crippen LogP contribution in [0.25, 0.3) is 0 Å². The van der Waals surface area contributed by atoms with Gasteiger partial charge in [0.2, 0.25) is 11.8 Å². The topological polar surface area (TPSA) is 61.4 Å². The number of benzene rings is 2. The van der Waals surface area contributed by atoms with E-state index >= 15 is 0 Å². The molecule has 0 spiro atoms. The van der Waals surface area contributed by atoms with Crippen LogP contribution >= 0.6 is 0 Å². The second-order valence-electron chi connectivity index (χ2n) is 7.16. The van der Waals surface area contributed by atoms with E-state index in [1.807, 2.05) is 29.2 Å². The molecule has 4 rings (SSSR count). The molecule has 0 unspecified atom stereocenters. The Morgan fingerprint density at radius 3 is 2.59 bits per heavy atom. The van der Waals surface area contributed by atoms with Gasteiger partial charge in [-0.05, 0) is 47.7 Å². The molecule has 2 amide bonds. The fourth-order valence-electron chi connectivity index (χ4n) is 3.57. The molecule has 140 valence electrons. The van der Waals surface area contributed by atoms with Gasteiger partial charge in [0.25, 0.3) is 0 Å². The van der Waals surface area contributed by atoms with E-state index in [2.05, 4.69) is 10.6 Å². The average Bonchev–Trinajstić information content (AvgIpc) is 3.48. The lowest BCUT2D eigenvalue weighted by Crippen LogP contribution is -2.47. The summed E-state index contributed by atoms with van der Waals surface area (Å²) in [6.07, 6.45) is 0.813. The molecule has 1 saturated carbocycles. The summed E-state index contributed by atoms with van der Waals surface area (Å²) in [7, 11) is 0. The van der Waals surface area contributed by atoms with Gasteiger partial charge in [-0.25, -0.2) is 4.39 Å². The summed E-state index contributed by atoms with van der Waals surface area (Å²) in [5, 5.41) is 5.80. The van der Waals surface area contributed by atoms with Gasteiger partial charge in [-0.2, -0.15) is 0 Å². The molecule has 2 aliphatic rings. The molecular formula is C21H22FN3O2. The summed E-state index contributed by atoms with van der Waals surface area (Å²) in [6.45, 7) is 2.32. The minimum absolute atomic E-state index is 0.0263. The van der Waals surface area contributed by atoms with Gasteiger partial charge >= 0.3 is 0 Å². The van der Waals surface area contributed by atoms with Gasteiger partial charge in [-0.3, -0.25) is 9.59 Å². The Morgan fingerprint density at radius 1 is 1.15 bits per heavy atom. The number of amides is 2. The van der Waals surface area contributed by atoms with Crippen molar-refractivity contribution in [2.24, 2.45) is 5.92 Å². The SMILES string of the molecule is O=C1CN(c2ccc(CNC(=O)[C@H]3C[C@@H]3c3ccc(F)cc3)cc2)CCN1. The van der Waals surface area contributed by atoms with Gasteiger partial charge in [0.05, 0.1) is 6.54 Å². The summed E-state index contributed by atoms with van der Waals surface area (Å²) < 4.78 is 13.0. The van der Waals surface area contributed by atoms with E-state index in [9.17, 15) is 14.0 Å². The van der Waals surface area contributed by atoms with Crippen LogP contribution in [0.15, 0.2) is 48.5 Å². The largest absolute Gasteiger partial charge is 0.360 e. The second-order valence-corrected chi connectivity index (χ2v) is 7.16. The third-order valence-electron chi connectivity index (χ3n) is 5.23. The lowest BCUT2D eigenvalue weighted by molar-refractivity contribution is -0.122. The molecule has 2 fully saturated rings. The highest BCUT2D eigenvalue weighted by Gasteiger charge is 2.43. The van der Waals surface area contributed by atoms with Crippen molar-refractivity contribution in [3.8, 4) is 0 Å². The van der Waals surface area contributed by atoms with Crippen LogP contribution < -0.4 is 15.5 Å². The standard InChI is InChI=1S/C21H22FN3O2/c22-16-5-3-15(4-6-16)18-11-19(18)21(27)24-12-14-1-7-17(8-2-14)25-10-9-23-20(26)13-25/h1-8,18-19H,9-13H2,(H,23,26)(H,24,27)/t18-,19+/m1/s1. The van der Waals surface area contributed by atoms with E-state index in [0.29, 0.717) is 19.6 Å².